The van der Waals surface area contributed by atoms with Crippen LogP contribution in [-0.4, -0.2) is 50.6 Å². The van der Waals surface area contributed by atoms with Gasteiger partial charge < -0.3 is 23.9 Å². The zero-order chi connectivity index (χ0) is 25.7. The third-order valence-corrected chi connectivity index (χ3v) is 7.06. The number of halogens is 1. The second-order valence-corrected chi connectivity index (χ2v) is 10.4. The van der Waals surface area contributed by atoms with E-state index in [0.29, 0.717) is 36.9 Å². The lowest BCUT2D eigenvalue weighted by atomic mass is 9.77. The van der Waals surface area contributed by atoms with E-state index in [1.54, 1.807) is 18.5 Å². The first-order valence-corrected chi connectivity index (χ1v) is 12.0. The molecular weight excluding hydrogens is 464 g/mol. The number of fused-ring (bicyclic) bond motifs is 5. The van der Waals surface area contributed by atoms with Crippen molar-refractivity contribution in [2.45, 2.75) is 58.8 Å². The lowest BCUT2D eigenvalue weighted by Gasteiger charge is -2.32. The van der Waals surface area contributed by atoms with Gasteiger partial charge in [-0.2, -0.15) is 0 Å². The number of benzene rings is 1. The summed E-state index contributed by atoms with van der Waals surface area (Å²) in [7, 11) is -0.964. The lowest BCUT2D eigenvalue weighted by molar-refractivity contribution is 0.00578. The number of carbonyl (C=O) groups is 1. The Morgan fingerprint density at radius 3 is 2.67 bits per heavy atom. The molecule has 1 saturated heterocycles. The molecular formula is C25H29BFN5O4. The van der Waals surface area contributed by atoms with Crippen molar-refractivity contribution in [1.29, 1.82) is 0 Å². The van der Waals surface area contributed by atoms with Gasteiger partial charge in [0.25, 0.3) is 5.91 Å². The molecule has 0 radical (unpaired) electrons. The molecule has 0 unspecified atom stereocenters. The van der Waals surface area contributed by atoms with Crippen LogP contribution in [0.15, 0.2) is 36.7 Å². The highest BCUT2D eigenvalue weighted by Gasteiger charge is 2.52. The molecule has 4 heterocycles. The van der Waals surface area contributed by atoms with Crippen molar-refractivity contribution >= 4 is 24.3 Å². The fourth-order valence-corrected chi connectivity index (χ4v) is 4.22. The molecule has 188 valence electrons. The van der Waals surface area contributed by atoms with Crippen LogP contribution in [0.5, 0.6) is 5.75 Å². The van der Waals surface area contributed by atoms with E-state index in [-0.39, 0.29) is 22.7 Å². The molecule has 1 aromatic carbocycles. The van der Waals surface area contributed by atoms with Gasteiger partial charge in [0.05, 0.1) is 23.4 Å². The smallest absolute Gasteiger partial charge is 0.493 e. The van der Waals surface area contributed by atoms with E-state index < -0.39 is 30.0 Å². The van der Waals surface area contributed by atoms with Gasteiger partial charge in [-0.05, 0) is 58.2 Å². The average molecular weight is 493 g/mol. The molecule has 0 aliphatic carbocycles. The number of ether oxygens (including phenoxy) is 1. The van der Waals surface area contributed by atoms with Crippen LogP contribution in [0.2, 0.25) is 0 Å². The summed E-state index contributed by atoms with van der Waals surface area (Å²) in [4.78, 5) is 18.0. The fourth-order valence-electron chi connectivity index (χ4n) is 4.22. The number of hydrogen-bond donors (Lipinski definition) is 1. The van der Waals surface area contributed by atoms with Gasteiger partial charge in [-0.25, -0.2) is 9.37 Å². The third kappa shape index (κ3) is 4.48. The average Bonchev–Trinajstić information content (AvgIpc) is 3.34. The quantitative estimate of drug-likeness (QED) is 0.519. The minimum atomic E-state index is -0.964. The number of pyridine rings is 1. The number of nitrogens with one attached hydrogen (secondary N) is 1. The van der Waals surface area contributed by atoms with Gasteiger partial charge in [0.1, 0.15) is 29.4 Å². The Labute approximate surface area is 209 Å². The van der Waals surface area contributed by atoms with Gasteiger partial charge in [-0.15, -0.1) is 10.2 Å². The number of hydrogen-bond acceptors (Lipinski definition) is 7. The van der Waals surface area contributed by atoms with Gasteiger partial charge in [-0.3, -0.25) is 4.79 Å². The molecule has 36 heavy (non-hydrogen) atoms. The standard InChI is InChI=1S/C25H29BFN5O4/c1-15-9-10-34-20-12-18(27)17(26-35-24(2,3)25(4,5)36-26)11-16(20)23(33)30-21-8-6-7-19(29-21)22-31-28-14-32(22)13-15/h6-8,11-12,14-15H,9-10,13H2,1-5H3,(H,29,30,33)/t15-/m1/s1. The van der Waals surface area contributed by atoms with Crippen molar-refractivity contribution in [3.05, 3.63) is 48.0 Å². The molecule has 2 aliphatic heterocycles. The van der Waals surface area contributed by atoms with Crippen LogP contribution in [0.4, 0.5) is 10.2 Å². The summed E-state index contributed by atoms with van der Waals surface area (Å²) in [6.07, 6.45) is 2.33. The molecule has 3 aromatic rings. The van der Waals surface area contributed by atoms with E-state index in [1.165, 1.54) is 12.1 Å². The second kappa shape index (κ2) is 8.97. The van der Waals surface area contributed by atoms with Gasteiger partial charge >= 0.3 is 7.12 Å². The van der Waals surface area contributed by atoms with Crippen LogP contribution in [0.1, 0.15) is 51.4 Å². The topological polar surface area (TPSA) is 100 Å². The minimum Gasteiger partial charge on any atom is -0.493 e. The summed E-state index contributed by atoms with van der Waals surface area (Å²) >= 11 is 0. The van der Waals surface area contributed by atoms with Crippen molar-refractivity contribution in [3.63, 3.8) is 0 Å². The van der Waals surface area contributed by atoms with Crippen LogP contribution in [0.25, 0.3) is 11.5 Å². The van der Waals surface area contributed by atoms with Gasteiger partial charge in [0.15, 0.2) is 5.82 Å². The Bertz CT molecular complexity index is 1300. The van der Waals surface area contributed by atoms with Crippen LogP contribution >= 0.6 is 0 Å². The van der Waals surface area contributed by atoms with E-state index >= 15 is 4.39 Å². The highest BCUT2D eigenvalue weighted by molar-refractivity contribution is 6.62. The summed E-state index contributed by atoms with van der Waals surface area (Å²) in [5.41, 5.74) is -0.424. The van der Waals surface area contributed by atoms with Crippen LogP contribution in [0, 0.1) is 11.7 Å². The number of nitrogens with zero attached hydrogens (tertiary/aromatic N) is 4. The molecule has 2 aromatic heterocycles. The zero-order valence-electron chi connectivity index (χ0n) is 21.0. The van der Waals surface area contributed by atoms with Crippen molar-refractivity contribution < 1.29 is 23.2 Å². The van der Waals surface area contributed by atoms with Crippen molar-refractivity contribution in [2.75, 3.05) is 11.9 Å². The number of aromatic nitrogens is 4. The van der Waals surface area contributed by atoms with E-state index in [4.69, 9.17) is 14.0 Å². The van der Waals surface area contributed by atoms with E-state index in [9.17, 15) is 4.79 Å². The molecule has 1 N–H and O–H groups in total. The summed E-state index contributed by atoms with van der Waals surface area (Å²) in [6, 6.07) is 7.95. The molecule has 0 spiro atoms. The van der Waals surface area contributed by atoms with E-state index in [1.807, 2.05) is 38.3 Å². The number of amides is 1. The molecule has 1 amide bonds. The normalized spacial score (nSPS) is 21.1. The molecule has 0 saturated carbocycles. The van der Waals surface area contributed by atoms with Crippen molar-refractivity contribution in [2.24, 2.45) is 5.92 Å². The first-order chi connectivity index (χ1) is 17.0. The summed E-state index contributed by atoms with van der Waals surface area (Å²) in [6.45, 7) is 10.6. The molecule has 5 rings (SSSR count). The van der Waals surface area contributed by atoms with Crippen molar-refractivity contribution in [1.82, 2.24) is 19.7 Å². The third-order valence-electron chi connectivity index (χ3n) is 7.06. The molecule has 2 bridgehead atoms. The van der Waals surface area contributed by atoms with Gasteiger partial charge in [0, 0.05) is 18.1 Å². The Morgan fingerprint density at radius 2 is 1.92 bits per heavy atom. The Morgan fingerprint density at radius 1 is 1.17 bits per heavy atom. The lowest BCUT2D eigenvalue weighted by Crippen LogP contribution is -2.41. The Kier molecular flexibility index (Phi) is 6.08. The van der Waals surface area contributed by atoms with E-state index in [2.05, 4.69) is 27.4 Å². The molecule has 2 aliphatic rings. The fraction of sp³-hybridized carbons (Fsp3) is 0.440. The maximum absolute atomic E-state index is 15.3. The predicted octanol–water partition coefficient (Wildman–Crippen LogP) is 3.45. The second-order valence-electron chi connectivity index (χ2n) is 10.4. The number of anilines is 1. The van der Waals surface area contributed by atoms with Crippen LogP contribution in [-0.2, 0) is 15.9 Å². The van der Waals surface area contributed by atoms with Crippen LogP contribution in [0.3, 0.4) is 0 Å². The molecule has 1 fully saturated rings. The highest BCUT2D eigenvalue weighted by atomic mass is 19.1. The van der Waals surface area contributed by atoms with Crippen molar-refractivity contribution in [3.8, 4) is 17.3 Å². The molecule has 9 nitrogen and oxygen atoms in total. The summed E-state index contributed by atoms with van der Waals surface area (Å²) in [5.74, 6) is 0.237. The Hall–Kier alpha value is -3.31. The predicted molar refractivity (Wildman–Crippen MR) is 133 cm³/mol. The van der Waals surface area contributed by atoms with Gasteiger partial charge in [0.2, 0.25) is 0 Å². The maximum Gasteiger partial charge on any atom is 0.497 e. The van der Waals surface area contributed by atoms with Crippen LogP contribution < -0.4 is 15.5 Å². The first kappa shape index (κ1) is 24.4. The number of rotatable bonds is 1. The zero-order valence-corrected chi connectivity index (χ0v) is 21.0. The summed E-state index contributed by atoms with van der Waals surface area (Å²) in [5, 5.41) is 11.1. The monoisotopic (exact) mass is 493 g/mol. The molecule has 1 atom stereocenters. The number of carbonyl (C=O) groups excluding carboxylic acids is 1. The highest BCUT2D eigenvalue weighted by Crippen LogP contribution is 2.37. The van der Waals surface area contributed by atoms with E-state index in [0.717, 1.165) is 0 Å². The largest absolute Gasteiger partial charge is 0.497 e. The molecule has 11 heteroatoms. The Balaban J connectivity index is 1.54. The van der Waals surface area contributed by atoms with Gasteiger partial charge in [-0.1, -0.05) is 13.0 Å². The maximum atomic E-state index is 15.3. The SMILES string of the molecule is C[C@@H]1CCOc2cc(F)c(B3OC(C)(C)C(C)(C)O3)cc2C(=O)Nc2cccc(n2)-c2nncn2C1. The minimum absolute atomic E-state index is 0.135. The summed E-state index contributed by atoms with van der Waals surface area (Å²) < 4.78 is 35.3. The first-order valence-electron chi connectivity index (χ1n) is 12.0.